The molecule has 2 aromatic carbocycles. The van der Waals surface area contributed by atoms with Crippen molar-refractivity contribution in [1.29, 1.82) is 0 Å². The van der Waals surface area contributed by atoms with Crippen molar-refractivity contribution in [2.45, 2.75) is 24.7 Å². The highest BCUT2D eigenvalue weighted by atomic mass is 35.5. The highest BCUT2D eigenvalue weighted by Gasteiger charge is 2.63. The number of halogens is 7. The zero-order chi connectivity index (χ0) is 23.1. The lowest BCUT2D eigenvalue weighted by molar-refractivity contribution is -0.275. The van der Waals surface area contributed by atoms with Gasteiger partial charge in [0.15, 0.2) is 11.7 Å². The molecule has 1 aliphatic heterocycles. The summed E-state index contributed by atoms with van der Waals surface area (Å²) in [4.78, 5) is 16.9. The van der Waals surface area contributed by atoms with Gasteiger partial charge in [0.05, 0.1) is 22.2 Å². The van der Waals surface area contributed by atoms with Gasteiger partial charge in [-0.3, -0.25) is 0 Å². The molecule has 1 atom stereocenters. The van der Waals surface area contributed by atoms with Crippen molar-refractivity contribution in [3.63, 3.8) is 0 Å². The van der Waals surface area contributed by atoms with Crippen LogP contribution in [0.4, 0.5) is 32.4 Å². The van der Waals surface area contributed by atoms with Crippen LogP contribution in [0, 0.1) is 11.6 Å². The number of nitrogens with two attached hydrogens (primary N) is 1. The molecule has 1 amide bonds. The molecule has 0 saturated heterocycles. The summed E-state index contributed by atoms with van der Waals surface area (Å²) >= 11 is 11.3. The molecule has 0 saturated carbocycles. The Hall–Kier alpha value is -2.63. The standard InChI is InChI=1S/C18H12Cl2F5N3O3/c19-11-4-9(5-12(20)15(11)22)17(18(23,24)25)6-14(27-31-17)28(16(29)30)10-1-2-13(21)8(3-10)7-26/h1-5H,6-7,26H2,(H,29,30). The molecule has 0 aromatic heterocycles. The zero-order valence-electron chi connectivity index (χ0n) is 15.2. The maximum absolute atomic E-state index is 14.1. The molecule has 2 aromatic rings. The number of hydrogen-bond donors (Lipinski definition) is 2. The number of nitrogens with zero attached hydrogens (tertiary/aromatic N) is 2. The van der Waals surface area contributed by atoms with Crippen LogP contribution in [0.3, 0.4) is 0 Å². The molecular weight excluding hydrogens is 472 g/mol. The summed E-state index contributed by atoms with van der Waals surface area (Å²) in [5.41, 5.74) is 1.26. The number of amidine groups is 1. The highest BCUT2D eigenvalue weighted by Crippen LogP contribution is 2.50. The zero-order valence-corrected chi connectivity index (χ0v) is 16.7. The van der Waals surface area contributed by atoms with E-state index < -0.39 is 57.4 Å². The van der Waals surface area contributed by atoms with E-state index in [0.29, 0.717) is 17.0 Å². The van der Waals surface area contributed by atoms with Gasteiger partial charge in [-0.15, -0.1) is 0 Å². The first-order valence-corrected chi connectivity index (χ1v) is 9.15. The lowest BCUT2D eigenvalue weighted by Gasteiger charge is -2.30. The van der Waals surface area contributed by atoms with Gasteiger partial charge in [-0.2, -0.15) is 13.2 Å². The lowest BCUT2D eigenvalue weighted by Crippen LogP contribution is -2.45. The second kappa shape index (κ2) is 8.13. The SMILES string of the molecule is NCc1cc(N(C(=O)O)C2=NOC(c3cc(Cl)c(F)c(Cl)c3)(C(F)(F)F)C2)ccc1F. The Labute approximate surface area is 181 Å². The molecule has 166 valence electrons. The van der Waals surface area contributed by atoms with Crippen LogP contribution in [-0.2, 0) is 17.0 Å². The van der Waals surface area contributed by atoms with Gasteiger partial charge < -0.3 is 15.7 Å². The monoisotopic (exact) mass is 483 g/mol. The number of rotatable bonds is 3. The van der Waals surface area contributed by atoms with Gasteiger partial charge >= 0.3 is 12.3 Å². The molecule has 3 N–H and O–H groups in total. The Bertz CT molecular complexity index is 1060. The van der Waals surface area contributed by atoms with Crippen molar-refractivity contribution in [1.82, 2.24) is 0 Å². The van der Waals surface area contributed by atoms with Crippen LogP contribution in [0.2, 0.25) is 10.0 Å². The fourth-order valence-corrected chi connectivity index (χ4v) is 3.51. The molecule has 0 fully saturated rings. The molecule has 0 bridgehead atoms. The number of carboxylic acid groups (broad SMARTS) is 1. The van der Waals surface area contributed by atoms with E-state index >= 15 is 0 Å². The summed E-state index contributed by atoms with van der Waals surface area (Å²) in [5, 5.41) is 11.5. The maximum atomic E-state index is 14.1. The van der Waals surface area contributed by atoms with Gasteiger partial charge in [-0.1, -0.05) is 28.4 Å². The number of carbonyl (C=O) groups is 1. The molecule has 0 radical (unpaired) electrons. The summed E-state index contributed by atoms with van der Waals surface area (Å²) in [7, 11) is 0. The average molecular weight is 484 g/mol. The normalized spacial score (nSPS) is 18.5. The molecule has 0 aliphatic carbocycles. The van der Waals surface area contributed by atoms with E-state index in [1.165, 1.54) is 0 Å². The van der Waals surface area contributed by atoms with Crippen LogP contribution >= 0.6 is 23.2 Å². The van der Waals surface area contributed by atoms with E-state index in [-0.39, 0.29) is 17.8 Å². The van der Waals surface area contributed by atoms with Crippen molar-refractivity contribution >= 4 is 40.8 Å². The third kappa shape index (κ3) is 4.00. The summed E-state index contributed by atoms with van der Waals surface area (Å²) < 4.78 is 69.6. The largest absolute Gasteiger partial charge is 0.464 e. The quantitative estimate of drug-likeness (QED) is 0.451. The summed E-state index contributed by atoms with van der Waals surface area (Å²) in [6.45, 7) is -0.283. The van der Waals surface area contributed by atoms with Crippen molar-refractivity contribution in [3.8, 4) is 0 Å². The summed E-state index contributed by atoms with van der Waals surface area (Å²) in [6.07, 6.45) is -7.95. The Balaban J connectivity index is 2.08. The number of hydrogen-bond acceptors (Lipinski definition) is 4. The number of benzene rings is 2. The van der Waals surface area contributed by atoms with Gasteiger partial charge in [-0.25, -0.2) is 18.5 Å². The molecule has 0 spiro atoms. The second-order valence-electron chi connectivity index (χ2n) is 6.45. The smallest absolute Gasteiger partial charge is 0.435 e. The third-order valence-electron chi connectivity index (χ3n) is 4.58. The minimum absolute atomic E-state index is 0.0672. The van der Waals surface area contributed by atoms with Crippen LogP contribution in [0.1, 0.15) is 17.5 Å². The van der Waals surface area contributed by atoms with E-state index in [1.807, 2.05) is 0 Å². The third-order valence-corrected chi connectivity index (χ3v) is 5.13. The van der Waals surface area contributed by atoms with Crippen LogP contribution in [0.25, 0.3) is 0 Å². The second-order valence-corrected chi connectivity index (χ2v) is 7.27. The van der Waals surface area contributed by atoms with Crippen molar-refractivity contribution in [3.05, 3.63) is 63.1 Å². The average Bonchev–Trinajstić information content (AvgIpc) is 3.13. The predicted molar refractivity (Wildman–Crippen MR) is 102 cm³/mol. The minimum atomic E-state index is -5.13. The highest BCUT2D eigenvalue weighted by molar-refractivity contribution is 6.35. The molecular formula is C18H12Cl2F5N3O3. The molecule has 31 heavy (non-hydrogen) atoms. The lowest BCUT2D eigenvalue weighted by atomic mass is 9.89. The fraction of sp³-hybridized carbons (Fsp3) is 0.222. The van der Waals surface area contributed by atoms with E-state index in [0.717, 1.165) is 18.2 Å². The molecule has 1 aliphatic rings. The van der Waals surface area contributed by atoms with E-state index in [2.05, 4.69) is 5.16 Å². The van der Waals surface area contributed by atoms with Gasteiger partial charge in [0.2, 0.25) is 0 Å². The fourth-order valence-electron chi connectivity index (χ4n) is 3.02. The molecule has 6 nitrogen and oxygen atoms in total. The van der Waals surface area contributed by atoms with Gasteiger partial charge in [0.1, 0.15) is 5.82 Å². The Morgan fingerprint density at radius 3 is 2.35 bits per heavy atom. The first-order valence-electron chi connectivity index (χ1n) is 8.39. The van der Waals surface area contributed by atoms with Crippen molar-refractivity contribution in [2.24, 2.45) is 10.9 Å². The van der Waals surface area contributed by atoms with Crippen LogP contribution in [0.5, 0.6) is 0 Å². The van der Waals surface area contributed by atoms with Crippen LogP contribution < -0.4 is 10.6 Å². The summed E-state index contributed by atoms with van der Waals surface area (Å²) in [6, 6.07) is 4.35. The molecule has 13 heteroatoms. The number of amides is 1. The molecule has 3 rings (SSSR count). The van der Waals surface area contributed by atoms with E-state index in [1.54, 1.807) is 0 Å². The van der Waals surface area contributed by atoms with Crippen molar-refractivity contribution in [2.75, 3.05) is 4.90 Å². The first-order chi connectivity index (χ1) is 14.4. The maximum Gasteiger partial charge on any atom is 0.435 e. The van der Waals surface area contributed by atoms with E-state index in [9.17, 15) is 31.9 Å². The number of oxime groups is 1. The Morgan fingerprint density at radius 2 is 1.84 bits per heavy atom. The van der Waals surface area contributed by atoms with Crippen LogP contribution in [-0.4, -0.2) is 23.2 Å². The Kier molecular flexibility index (Phi) is 6.05. The topological polar surface area (TPSA) is 88.2 Å². The molecule has 1 unspecified atom stereocenters. The molecule has 1 heterocycles. The summed E-state index contributed by atoms with van der Waals surface area (Å²) in [5.74, 6) is -2.51. The van der Waals surface area contributed by atoms with Crippen molar-refractivity contribution < 1.29 is 36.7 Å². The van der Waals surface area contributed by atoms with Gasteiger partial charge in [0.25, 0.3) is 5.60 Å². The van der Waals surface area contributed by atoms with Gasteiger partial charge in [0, 0.05) is 17.7 Å². The predicted octanol–water partition coefficient (Wildman–Crippen LogP) is 5.41. The van der Waals surface area contributed by atoms with E-state index in [4.69, 9.17) is 33.8 Å². The number of anilines is 1. The van der Waals surface area contributed by atoms with Gasteiger partial charge in [-0.05, 0) is 30.3 Å². The number of alkyl halides is 3. The van der Waals surface area contributed by atoms with Crippen LogP contribution in [0.15, 0.2) is 35.5 Å². The Morgan fingerprint density at radius 1 is 1.23 bits per heavy atom. The first kappa shape index (κ1) is 23.0. The minimum Gasteiger partial charge on any atom is -0.464 e.